The van der Waals surface area contributed by atoms with E-state index >= 15 is 0 Å². The number of nitrogens with zero attached hydrogens (tertiary/aromatic N) is 2. The second-order valence-corrected chi connectivity index (χ2v) is 5.77. The van der Waals surface area contributed by atoms with E-state index in [0.29, 0.717) is 12.0 Å². The first-order valence-electron chi connectivity index (χ1n) is 7.68. The topological polar surface area (TPSA) is 39.1 Å². The molecule has 1 N–H and O–H groups in total. The Bertz CT molecular complexity index is 593. The van der Waals surface area contributed by atoms with Crippen molar-refractivity contribution < 1.29 is 4.74 Å². The summed E-state index contributed by atoms with van der Waals surface area (Å²) >= 11 is 0. The molecule has 0 aliphatic carbocycles. The molecular formula is C17H23N3O. The summed E-state index contributed by atoms with van der Waals surface area (Å²) in [5.74, 6) is 1.55. The molecule has 0 saturated carbocycles. The van der Waals surface area contributed by atoms with E-state index in [1.807, 2.05) is 24.0 Å². The van der Waals surface area contributed by atoms with Gasteiger partial charge in [0, 0.05) is 25.2 Å². The fraction of sp³-hybridized carbons (Fsp3) is 0.471. The first-order valence-corrected chi connectivity index (χ1v) is 7.68. The smallest absolute Gasteiger partial charge is 0.122 e. The summed E-state index contributed by atoms with van der Waals surface area (Å²) in [4.78, 5) is 0. The Morgan fingerprint density at radius 1 is 1.43 bits per heavy atom. The molecular weight excluding hydrogens is 262 g/mol. The van der Waals surface area contributed by atoms with Crippen LogP contribution < -0.4 is 10.1 Å². The van der Waals surface area contributed by atoms with Gasteiger partial charge in [0.05, 0.1) is 12.8 Å². The van der Waals surface area contributed by atoms with Crippen molar-refractivity contribution in [1.29, 1.82) is 0 Å². The zero-order valence-electron chi connectivity index (χ0n) is 12.7. The third-order valence-corrected chi connectivity index (χ3v) is 4.16. The molecule has 0 fully saturated rings. The molecule has 2 atom stereocenters. The minimum Gasteiger partial charge on any atom is -0.493 e. The Morgan fingerprint density at radius 2 is 2.29 bits per heavy atom. The lowest BCUT2D eigenvalue weighted by atomic mass is 9.87. The van der Waals surface area contributed by atoms with Crippen molar-refractivity contribution in [2.75, 3.05) is 13.2 Å². The van der Waals surface area contributed by atoms with Crippen LogP contribution in [-0.2, 0) is 19.9 Å². The largest absolute Gasteiger partial charge is 0.493 e. The summed E-state index contributed by atoms with van der Waals surface area (Å²) in [6.45, 7) is 3.92. The van der Waals surface area contributed by atoms with Crippen LogP contribution in [0.15, 0.2) is 36.7 Å². The summed E-state index contributed by atoms with van der Waals surface area (Å²) < 4.78 is 7.81. The zero-order valence-corrected chi connectivity index (χ0v) is 12.7. The normalized spacial score (nSPS) is 18.9. The minimum absolute atomic E-state index is 0.424. The number of aromatic nitrogens is 2. The molecule has 0 bridgehead atoms. The van der Waals surface area contributed by atoms with Crippen molar-refractivity contribution >= 4 is 0 Å². The van der Waals surface area contributed by atoms with Crippen LogP contribution in [0.4, 0.5) is 0 Å². The highest BCUT2D eigenvalue weighted by Crippen LogP contribution is 2.29. The zero-order chi connectivity index (χ0) is 14.7. The van der Waals surface area contributed by atoms with Crippen molar-refractivity contribution in [1.82, 2.24) is 15.1 Å². The average Bonchev–Trinajstić information content (AvgIpc) is 2.91. The molecule has 4 heteroatoms. The van der Waals surface area contributed by atoms with Gasteiger partial charge in [-0.05, 0) is 36.6 Å². The Balaban J connectivity index is 1.72. The van der Waals surface area contributed by atoms with E-state index in [1.165, 1.54) is 11.1 Å². The summed E-state index contributed by atoms with van der Waals surface area (Å²) in [6.07, 6.45) is 6.13. The summed E-state index contributed by atoms with van der Waals surface area (Å²) in [6, 6.07) is 8.79. The van der Waals surface area contributed by atoms with E-state index in [-0.39, 0.29) is 0 Å². The highest BCUT2D eigenvalue weighted by atomic mass is 16.5. The number of hydrogen-bond acceptors (Lipinski definition) is 3. The van der Waals surface area contributed by atoms with Crippen molar-refractivity contribution in [3.8, 4) is 5.75 Å². The van der Waals surface area contributed by atoms with Gasteiger partial charge in [0.2, 0.25) is 0 Å². The number of fused-ring (bicyclic) bond motifs is 1. The molecule has 0 spiro atoms. The second kappa shape index (κ2) is 6.31. The van der Waals surface area contributed by atoms with Crippen LogP contribution in [0, 0.1) is 5.92 Å². The number of rotatable bonds is 5. The van der Waals surface area contributed by atoms with Gasteiger partial charge in [-0.1, -0.05) is 25.1 Å². The predicted molar refractivity (Wildman–Crippen MR) is 83.5 cm³/mol. The van der Waals surface area contributed by atoms with E-state index in [0.717, 1.165) is 31.7 Å². The molecule has 2 heterocycles. The maximum absolute atomic E-state index is 5.95. The first kappa shape index (κ1) is 14.1. The van der Waals surface area contributed by atoms with Crippen molar-refractivity contribution in [3.05, 3.63) is 47.8 Å². The highest BCUT2D eigenvalue weighted by molar-refractivity contribution is 5.35. The Labute approximate surface area is 126 Å². The number of para-hydroxylation sites is 1. The van der Waals surface area contributed by atoms with E-state index < -0.39 is 0 Å². The molecule has 0 saturated heterocycles. The quantitative estimate of drug-likeness (QED) is 0.915. The number of benzene rings is 1. The van der Waals surface area contributed by atoms with Crippen molar-refractivity contribution in [3.63, 3.8) is 0 Å². The van der Waals surface area contributed by atoms with Crippen LogP contribution in [0.2, 0.25) is 0 Å². The van der Waals surface area contributed by atoms with Gasteiger partial charge in [0.25, 0.3) is 0 Å². The summed E-state index contributed by atoms with van der Waals surface area (Å²) in [5.41, 5.74) is 2.60. The van der Waals surface area contributed by atoms with Gasteiger partial charge in [-0.25, -0.2) is 0 Å². The molecule has 1 aromatic heterocycles. The third-order valence-electron chi connectivity index (χ3n) is 4.16. The molecule has 4 nitrogen and oxygen atoms in total. The lowest BCUT2D eigenvalue weighted by Gasteiger charge is -2.32. The van der Waals surface area contributed by atoms with Gasteiger partial charge in [0.15, 0.2) is 0 Å². The Morgan fingerprint density at radius 3 is 3.05 bits per heavy atom. The van der Waals surface area contributed by atoms with Gasteiger partial charge in [0.1, 0.15) is 5.75 Å². The number of hydrogen-bond donors (Lipinski definition) is 1. The summed E-state index contributed by atoms with van der Waals surface area (Å²) in [7, 11) is 1.96. The number of ether oxygens (including phenoxy) is 1. The molecule has 0 amide bonds. The van der Waals surface area contributed by atoms with Crippen LogP contribution in [-0.4, -0.2) is 29.0 Å². The van der Waals surface area contributed by atoms with E-state index in [2.05, 4.69) is 41.7 Å². The van der Waals surface area contributed by atoms with E-state index in [4.69, 9.17) is 4.74 Å². The molecule has 2 unspecified atom stereocenters. The van der Waals surface area contributed by atoms with Crippen LogP contribution in [0.3, 0.4) is 0 Å². The SMILES string of the molecule is CCNC(Cc1cnn(C)c1)C1COc2ccccc2C1. The van der Waals surface area contributed by atoms with Crippen LogP contribution in [0.5, 0.6) is 5.75 Å². The lowest BCUT2D eigenvalue weighted by molar-refractivity contribution is 0.184. The van der Waals surface area contributed by atoms with Crippen LogP contribution in [0.1, 0.15) is 18.1 Å². The molecule has 21 heavy (non-hydrogen) atoms. The maximum atomic E-state index is 5.95. The monoisotopic (exact) mass is 285 g/mol. The Kier molecular flexibility index (Phi) is 4.25. The molecule has 2 aromatic rings. The van der Waals surface area contributed by atoms with Crippen molar-refractivity contribution in [2.24, 2.45) is 13.0 Å². The fourth-order valence-corrected chi connectivity index (χ4v) is 3.11. The number of likely N-dealkylation sites (N-methyl/N-ethyl adjacent to an activating group) is 1. The van der Waals surface area contributed by atoms with E-state index in [1.54, 1.807) is 0 Å². The highest BCUT2D eigenvalue weighted by Gasteiger charge is 2.27. The van der Waals surface area contributed by atoms with Gasteiger partial charge in [-0.2, -0.15) is 5.10 Å². The third kappa shape index (κ3) is 3.27. The number of aryl methyl sites for hydroxylation is 1. The van der Waals surface area contributed by atoms with Gasteiger partial charge < -0.3 is 10.1 Å². The van der Waals surface area contributed by atoms with Gasteiger partial charge >= 0.3 is 0 Å². The summed E-state index contributed by atoms with van der Waals surface area (Å²) in [5, 5.41) is 7.89. The fourth-order valence-electron chi connectivity index (χ4n) is 3.11. The standard InChI is InChI=1S/C17H23N3O/c1-3-18-16(8-13-10-19-20(2)11-13)15-9-14-6-4-5-7-17(14)21-12-15/h4-7,10-11,15-16,18H,3,8-9,12H2,1-2H3. The first-order chi connectivity index (χ1) is 10.3. The maximum Gasteiger partial charge on any atom is 0.122 e. The average molecular weight is 285 g/mol. The van der Waals surface area contributed by atoms with Gasteiger partial charge in [-0.15, -0.1) is 0 Å². The van der Waals surface area contributed by atoms with Crippen molar-refractivity contribution in [2.45, 2.75) is 25.8 Å². The molecule has 1 aromatic carbocycles. The Hall–Kier alpha value is -1.81. The molecule has 1 aliphatic rings. The van der Waals surface area contributed by atoms with Crippen LogP contribution in [0.25, 0.3) is 0 Å². The second-order valence-electron chi connectivity index (χ2n) is 5.77. The van der Waals surface area contributed by atoms with Gasteiger partial charge in [-0.3, -0.25) is 4.68 Å². The molecule has 0 radical (unpaired) electrons. The lowest BCUT2D eigenvalue weighted by Crippen LogP contribution is -2.43. The van der Waals surface area contributed by atoms with Crippen LogP contribution >= 0.6 is 0 Å². The predicted octanol–water partition coefficient (Wildman–Crippen LogP) is 2.19. The number of nitrogens with one attached hydrogen (secondary N) is 1. The molecule has 112 valence electrons. The molecule has 1 aliphatic heterocycles. The minimum atomic E-state index is 0.424. The van der Waals surface area contributed by atoms with E-state index in [9.17, 15) is 0 Å². The molecule has 3 rings (SSSR count).